The van der Waals surface area contributed by atoms with E-state index < -0.39 is 17.3 Å². The zero-order chi connectivity index (χ0) is 32.1. The molecule has 0 aliphatic carbocycles. The van der Waals surface area contributed by atoms with Crippen molar-refractivity contribution in [3.8, 4) is 23.0 Å². The minimum Gasteiger partial charge on any atom is -0.467 e. The van der Waals surface area contributed by atoms with E-state index in [2.05, 4.69) is 5.32 Å². The van der Waals surface area contributed by atoms with Gasteiger partial charge in [0, 0.05) is 27.1 Å². The molecule has 232 valence electrons. The molecule has 0 spiro atoms. The third kappa shape index (κ3) is 7.24. The van der Waals surface area contributed by atoms with Gasteiger partial charge < -0.3 is 24.2 Å². The van der Waals surface area contributed by atoms with Crippen molar-refractivity contribution in [2.45, 2.75) is 39.4 Å². The van der Waals surface area contributed by atoms with Crippen LogP contribution in [0.5, 0.6) is 23.0 Å². The number of rotatable bonds is 11. The Labute approximate surface area is 258 Å². The lowest BCUT2D eigenvalue weighted by atomic mass is 10.0. The highest BCUT2D eigenvalue weighted by Gasteiger charge is 2.31. The number of methoxy groups -OCH3 is 1. The van der Waals surface area contributed by atoms with Crippen molar-refractivity contribution in [2.24, 2.45) is 0 Å². The molecule has 1 atom stereocenters. The molecule has 3 aromatic rings. The van der Waals surface area contributed by atoms with Crippen LogP contribution in [-0.2, 0) is 20.7 Å². The Kier molecular flexibility index (Phi) is 10.0. The van der Waals surface area contributed by atoms with Crippen molar-refractivity contribution in [1.29, 1.82) is 0 Å². The number of amides is 4. The fourth-order valence-electron chi connectivity index (χ4n) is 4.52. The van der Waals surface area contributed by atoms with Crippen molar-refractivity contribution >= 4 is 46.3 Å². The molecule has 0 saturated carbocycles. The van der Waals surface area contributed by atoms with Gasteiger partial charge in [0.05, 0.1) is 10.9 Å². The first kappa shape index (κ1) is 32.2. The monoisotopic (exact) mass is 623 g/mol. The number of ether oxygens (including phenoxy) is 3. The minimum atomic E-state index is -1.26. The number of thioether (sulfide) groups is 1. The quantitative estimate of drug-likeness (QED) is 0.200. The van der Waals surface area contributed by atoms with Gasteiger partial charge in [0.15, 0.2) is 12.5 Å². The Balaban J connectivity index is 1.61. The average Bonchev–Trinajstić information content (AvgIpc) is 3.30. The fourth-order valence-corrected chi connectivity index (χ4v) is 5.38. The van der Waals surface area contributed by atoms with Gasteiger partial charge in [-0.1, -0.05) is 23.9 Å². The van der Waals surface area contributed by atoms with E-state index in [-0.39, 0.29) is 29.3 Å². The number of anilines is 2. The second-order valence-electron chi connectivity index (χ2n) is 10.1. The van der Waals surface area contributed by atoms with E-state index >= 15 is 0 Å². The number of benzene rings is 3. The lowest BCUT2D eigenvalue weighted by Crippen LogP contribution is -2.34. The Morgan fingerprint density at radius 3 is 2.25 bits per heavy atom. The van der Waals surface area contributed by atoms with E-state index in [4.69, 9.17) is 19.0 Å². The van der Waals surface area contributed by atoms with Gasteiger partial charge in [-0.15, -0.1) is 5.06 Å². The number of aryl methyl sites for hydroxylation is 1. The number of carbonyl (C=O) groups is 4. The van der Waals surface area contributed by atoms with Gasteiger partial charge in [-0.2, -0.15) is 0 Å². The molecule has 3 aromatic carbocycles. The van der Waals surface area contributed by atoms with Crippen LogP contribution >= 0.6 is 11.8 Å². The largest absolute Gasteiger partial charge is 0.467 e. The first-order chi connectivity index (χ1) is 20.9. The number of hydrogen-bond donors (Lipinski definition) is 2. The molecule has 0 radical (unpaired) electrons. The third-order valence-electron chi connectivity index (χ3n) is 6.94. The zero-order valence-electron chi connectivity index (χ0n) is 25.1. The highest BCUT2D eigenvalue weighted by Crippen LogP contribution is 2.39. The molecule has 4 amide bonds. The molecular weight excluding hydrogens is 590 g/mol. The van der Waals surface area contributed by atoms with Crippen LogP contribution in [0.25, 0.3) is 0 Å². The summed E-state index contributed by atoms with van der Waals surface area (Å²) < 4.78 is 16.9. The van der Waals surface area contributed by atoms with Crippen LogP contribution in [0.3, 0.4) is 0 Å². The minimum absolute atomic E-state index is 0.104. The second kappa shape index (κ2) is 13.7. The summed E-state index contributed by atoms with van der Waals surface area (Å²) in [7, 11) is 2.89. The number of nitrogens with zero attached hydrogens (tertiary/aromatic N) is 2. The molecule has 0 aromatic heterocycles. The smallest absolute Gasteiger partial charge is 0.411 e. The molecule has 4 rings (SSSR count). The van der Waals surface area contributed by atoms with Crippen molar-refractivity contribution < 1.29 is 43.3 Å². The molecule has 1 aliphatic rings. The fraction of sp³-hybridized carbons (Fsp3) is 0.290. The first-order valence-electron chi connectivity index (χ1n) is 13.5. The summed E-state index contributed by atoms with van der Waals surface area (Å²) in [6, 6.07) is 13.2. The summed E-state index contributed by atoms with van der Waals surface area (Å²) in [5.74, 6) is 1.04. The maximum Gasteiger partial charge on any atom is 0.411 e. The van der Waals surface area contributed by atoms with Gasteiger partial charge in [-0.3, -0.25) is 24.6 Å². The summed E-state index contributed by atoms with van der Waals surface area (Å²) in [6.07, 6.45) is -0.916. The Hall–Kier alpha value is -4.75. The molecule has 2 N–H and O–H groups in total. The van der Waals surface area contributed by atoms with Gasteiger partial charge in [-0.05, 0) is 79.8 Å². The Bertz CT molecular complexity index is 1590. The summed E-state index contributed by atoms with van der Waals surface area (Å²) >= 11 is 0.941. The van der Waals surface area contributed by atoms with Crippen LogP contribution in [0.4, 0.5) is 21.0 Å². The maximum absolute atomic E-state index is 12.8. The topological polar surface area (TPSA) is 144 Å². The van der Waals surface area contributed by atoms with Crippen molar-refractivity contribution in [1.82, 2.24) is 5.32 Å². The predicted molar refractivity (Wildman–Crippen MR) is 165 cm³/mol. The number of carbonyl (C=O) groups excluding carboxylic acids is 3. The zero-order valence-corrected chi connectivity index (χ0v) is 25.9. The molecule has 1 aliphatic heterocycles. The van der Waals surface area contributed by atoms with E-state index in [1.165, 1.54) is 26.1 Å². The lowest BCUT2D eigenvalue weighted by molar-refractivity contribution is -0.120. The SMILES string of the molecule is COCOc1c(C)cc(Oc2ccc(N(Oc3ccc(CC4SC(=O)NC4=O)cc3)C(C)=O)c(N(C)C(=O)O)c2)c(C)c1C. The number of hydroxylamine groups is 1. The summed E-state index contributed by atoms with van der Waals surface area (Å²) in [5.41, 5.74) is 3.64. The van der Waals surface area contributed by atoms with Gasteiger partial charge in [0.2, 0.25) is 5.91 Å². The van der Waals surface area contributed by atoms with Gasteiger partial charge in [-0.25, -0.2) is 4.79 Å². The van der Waals surface area contributed by atoms with Crippen LogP contribution in [0, 0.1) is 20.8 Å². The molecule has 44 heavy (non-hydrogen) atoms. The molecular formula is C31H33N3O9S. The predicted octanol–water partition coefficient (Wildman–Crippen LogP) is 5.74. The van der Waals surface area contributed by atoms with Crippen LogP contribution in [0.2, 0.25) is 0 Å². The molecule has 1 heterocycles. The average molecular weight is 624 g/mol. The van der Waals surface area contributed by atoms with Crippen molar-refractivity contribution in [3.63, 3.8) is 0 Å². The van der Waals surface area contributed by atoms with Crippen LogP contribution in [0.15, 0.2) is 48.5 Å². The molecule has 13 heteroatoms. The highest BCUT2D eigenvalue weighted by molar-refractivity contribution is 8.15. The van der Waals surface area contributed by atoms with Crippen LogP contribution in [0.1, 0.15) is 29.2 Å². The van der Waals surface area contributed by atoms with E-state index in [1.54, 1.807) is 37.4 Å². The van der Waals surface area contributed by atoms with Gasteiger partial charge in [0.25, 0.3) is 11.1 Å². The molecule has 0 bridgehead atoms. The number of hydrogen-bond acceptors (Lipinski definition) is 9. The summed E-state index contributed by atoms with van der Waals surface area (Å²) in [5, 5.41) is 12.2. The Morgan fingerprint density at radius 1 is 0.977 bits per heavy atom. The molecule has 1 saturated heterocycles. The first-order valence-corrected chi connectivity index (χ1v) is 14.4. The van der Waals surface area contributed by atoms with Crippen molar-refractivity contribution in [3.05, 3.63) is 70.8 Å². The number of nitrogens with one attached hydrogen (secondary N) is 1. The van der Waals surface area contributed by atoms with E-state index in [0.717, 1.165) is 44.0 Å². The normalized spacial score (nSPS) is 14.2. The van der Waals surface area contributed by atoms with E-state index in [9.17, 15) is 24.3 Å². The second-order valence-corrected chi connectivity index (χ2v) is 11.2. The highest BCUT2D eigenvalue weighted by atomic mass is 32.2. The van der Waals surface area contributed by atoms with E-state index in [1.807, 2.05) is 26.8 Å². The standard InChI is InChI=1S/C31H33N3O9S/c1-17-13-26(18(2)19(3)28(17)41-16-40-6)42-23-11-12-24(25(15-23)33(5)31(38)39)34(20(4)35)43-22-9-7-21(8-10-22)14-27-29(36)32-30(37)44-27/h7-13,15,27H,14,16H2,1-6H3,(H,38,39)(H,32,36,37). The van der Waals surface area contributed by atoms with Crippen LogP contribution in [-0.4, -0.2) is 54.5 Å². The van der Waals surface area contributed by atoms with E-state index in [0.29, 0.717) is 29.4 Å². The third-order valence-corrected chi connectivity index (χ3v) is 7.92. The van der Waals surface area contributed by atoms with Crippen molar-refractivity contribution in [2.75, 3.05) is 30.9 Å². The number of imide groups is 1. The van der Waals surface area contributed by atoms with Gasteiger partial charge >= 0.3 is 6.09 Å². The summed E-state index contributed by atoms with van der Waals surface area (Å²) in [4.78, 5) is 55.0. The molecule has 1 fully saturated rings. The molecule has 12 nitrogen and oxygen atoms in total. The Morgan fingerprint density at radius 2 is 1.66 bits per heavy atom. The van der Waals surface area contributed by atoms with Crippen LogP contribution < -0.4 is 29.6 Å². The lowest BCUT2D eigenvalue weighted by Gasteiger charge is -2.26. The van der Waals surface area contributed by atoms with Gasteiger partial charge in [0.1, 0.15) is 22.9 Å². The molecule has 1 unspecified atom stereocenters. The summed E-state index contributed by atoms with van der Waals surface area (Å²) in [6.45, 7) is 7.08. The number of carboxylic acid groups (broad SMARTS) is 1. The maximum atomic E-state index is 12.8.